The van der Waals surface area contributed by atoms with Crippen LogP contribution < -0.4 is 5.32 Å². The van der Waals surface area contributed by atoms with Gasteiger partial charge in [-0.3, -0.25) is 0 Å². The topological polar surface area (TPSA) is 75.9 Å². The molecular weight excluding hydrogens is 266 g/mol. The molecule has 1 aliphatic carbocycles. The van der Waals surface area contributed by atoms with E-state index in [9.17, 15) is 5.11 Å². The molecule has 0 aliphatic heterocycles. The van der Waals surface area contributed by atoms with Crippen molar-refractivity contribution in [2.24, 2.45) is 0 Å². The summed E-state index contributed by atoms with van der Waals surface area (Å²) >= 11 is 0. The normalized spacial score (nSPS) is 17.8. The van der Waals surface area contributed by atoms with Gasteiger partial charge < -0.3 is 10.4 Å². The smallest absolute Gasteiger partial charge is 0.170 e. The lowest BCUT2D eigenvalue weighted by atomic mass is 9.85. The Balaban J connectivity index is 1.60. The molecule has 1 fully saturated rings. The second-order valence-electron chi connectivity index (χ2n) is 5.73. The summed E-state index contributed by atoms with van der Waals surface area (Å²) in [6.07, 6.45) is 5.21. The first-order chi connectivity index (χ1) is 10.3. The average Bonchev–Trinajstić information content (AvgIpc) is 2.97. The van der Waals surface area contributed by atoms with E-state index in [0.717, 1.165) is 37.2 Å². The second kappa shape index (κ2) is 6.32. The van der Waals surface area contributed by atoms with Gasteiger partial charge in [0.25, 0.3) is 0 Å². The third kappa shape index (κ3) is 3.46. The number of hydrogen-bond donors (Lipinski definition) is 2. The van der Waals surface area contributed by atoms with Crippen molar-refractivity contribution < 1.29 is 5.11 Å². The summed E-state index contributed by atoms with van der Waals surface area (Å²) in [5.41, 5.74) is 0.374. The first-order valence-electron chi connectivity index (χ1n) is 7.53. The van der Waals surface area contributed by atoms with E-state index in [2.05, 4.69) is 20.8 Å². The molecule has 1 saturated carbocycles. The van der Waals surface area contributed by atoms with Crippen molar-refractivity contribution >= 4 is 0 Å². The largest absolute Gasteiger partial charge is 0.389 e. The quantitative estimate of drug-likeness (QED) is 0.870. The lowest BCUT2D eigenvalue weighted by molar-refractivity contribution is 0.00452. The van der Waals surface area contributed by atoms with Crippen LogP contribution in [0.25, 0.3) is 5.69 Å². The molecule has 0 atom stereocenters. The Morgan fingerprint density at radius 3 is 2.67 bits per heavy atom. The van der Waals surface area contributed by atoms with Crippen molar-refractivity contribution in [3.8, 4) is 5.69 Å². The van der Waals surface area contributed by atoms with Crippen LogP contribution in [0.5, 0.6) is 0 Å². The highest BCUT2D eigenvalue weighted by Gasteiger charge is 2.28. The number of hydrogen-bond acceptors (Lipinski definition) is 5. The summed E-state index contributed by atoms with van der Waals surface area (Å²) in [5.74, 6) is 0.751. The molecule has 3 rings (SSSR count). The Morgan fingerprint density at radius 1 is 1.14 bits per heavy atom. The van der Waals surface area contributed by atoms with Crippen molar-refractivity contribution in [1.82, 2.24) is 25.5 Å². The molecule has 0 saturated heterocycles. The van der Waals surface area contributed by atoms with Crippen LogP contribution in [-0.4, -0.2) is 37.5 Å². The number of rotatable bonds is 5. The molecule has 2 N–H and O–H groups in total. The maximum atomic E-state index is 10.5. The number of aliphatic hydroxyl groups is 1. The van der Waals surface area contributed by atoms with Gasteiger partial charge in [0.15, 0.2) is 5.82 Å². The van der Waals surface area contributed by atoms with Gasteiger partial charge in [0.2, 0.25) is 0 Å². The Morgan fingerprint density at radius 2 is 1.90 bits per heavy atom. The molecule has 6 nitrogen and oxygen atoms in total. The van der Waals surface area contributed by atoms with Crippen LogP contribution in [-0.2, 0) is 6.54 Å². The average molecular weight is 287 g/mol. The summed E-state index contributed by atoms with van der Waals surface area (Å²) in [6.45, 7) is 1.14. The van der Waals surface area contributed by atoms with Crippen molar-refractivity contribution in [2.75, 3.05) is 6.54 Å². The fraction of sp³-hybridized carbons (Fsp3) is 0.533. The monoisotopic (exact) mass is 287 g/mol. The third-order valence-electron chi connectivity index (χ3n) is 4.06. The molecule has 2 aromatic rings. The van der Waals surface area contributed by atoms with Crippen molar-refractivity contribution in [3.05, 3.63) is 36.2 Å². The third-order valence-corrected chi connectivity index (χ3v) is 4.06. The number of para-hydroxylation sites is 1. The molecule has 1 heterocycles. The van der Waals surface area contributed by atoms with E-state index < -0.39 is 5.60 Å². The van der Waals surface area contributed by atoms with Crippen LogP contribution in [0.2, 0.25) is 0 Å². The maximum Gasteiger partial charge on any atom is 0.170 e. The lowest BCUT2D eigenvalue weighted by Gasteiger charge is -2.32. The lowest BCUT2D eigenvalue weighted by Crippen LogP contribution is -2.42. The number of benzene rings is 1. The molecule has 0 radical (unpaired) electrons. The van der Waals surface area contributed by atoms with Crippen LogP contribution in [0.15, 0.2) is 30.3 Å². The molecule has 6 heteroatoms. The van der Waals surface area contributed by atoms with Crippen LogP contribution in [0.1, 0.15) is 37.9 Å². The van der Waals surface area contributed by atoms with Gasteiger partial charge in [0.1, 0.15) is 0 Å². The molecule has 0 bridgehead atoms. The molecule has 21 heavy (non-hydrogen) atoms. The van der Waals surface area contributed by atoms with E-state index in [-0.39, 0.29) is 0 Å². The summed E-state index contributed by atoms with van der Waals surface area (Å²) in [4.78, 5) is 0. The van der Waals surface area contributed by atoms with Gasteiger partial charge in [-0.05, 0) is 35.4 Å². The predicted molar refractivity (Wildman–Crippen MR) is 78.9 cm³/mol. The molecule has 112 valence electrons. The summed E-state index contributed by atoms with van der Waals surface area (Å²) in [6, 6.07) is 9.81. The first-order valence-corrected chi connectivity index (χ1v) is 7.53. The number of aromatic nitrogens is 4. The Hall–Kier alpha value is -1.79. The van der Waals surface area contributed by atoms with Crippen LogP contribution in [0, 0.1) is 0 Å². The van der Waals surface area contributed by atoms with Gasteiger partial charge in [-0.2, -0.15) is 4.68 Å². The van der Waals surface area contributed by atoms with Crippen LogP contribution in [0.3, 0.4) is 0 Å². The van der Waals surface area contributed by atoms with E-state index in [1.807, 2.05) is 30.3 Å². The zero-order valence-corrected chi connectivity index (χ0v) is 12.1. The molecule has 1 aliphatic rings. The zero-order valence-electron chi connectivity index (χ0n) is 12.1. The highest BCUT2D eigenvalue weighted by Crippen LogP contribution is 2.27. The molecule has 1 aromatic heterocycles. The minimum atomic E-state index is -0.566. The second-order valence-corrected chi connectivity index (χ2v) is 5.73. The summed E-state index contributed by atoms with van der Waals surface area (Å²) in [5, 5.41) is 25.6. The van der Waals surface area contributed by atoms with E-state index in [1.165, 1.54) is 6.42 Å². The molecule has 0 amide bonds. The molecule has 1 aromatic carbocycles. The van der Waals surface area contributed by atoms with Crippen molar-refractivity contribution in [1.29, 1.82) is 0 Å². The maximum absolute atomic E-state index is 10.5. The SMILES string of the molecule is OC1(CNCc2nnnn2-c2ccccc2)CCCCC1. The summed E-state index contributed by atoms with van der Waals surface area (Å²) < 4.78 is 1.72. The van der Waals surface area contributed by atoms with E-state index in [0.29, 0.717) is 13.1 Å². The highest BCUT2D eigenvalue weighted by atomic mass is 16.3. The first kappa shape index (κ1) is 14.2. The van der Waals surface area contributed by atoms with E-state index in [1.54, 1.807) is 4.68 Å². The van der Waals surface area contributed by atoms with E-state index >= 15 is 0 Å². The Labute approximate surface area is 124 Å². The number of nitrogens with zero attached hydrogens (tertiary/aromatic N) is 4. The van der Waals surface area contributed by atoms with Gasteiger partial charge in [-0.25, -0.2) is 0 Å². The molecule has 0 unspecified atom stereocenters. The fourth-order valence-corrected chi connectivity index (χ4v) is 2.88. The number of tetrazole rings is 1. The van der Waals surface area contributed by atoms with Gasteiger partial charge in [-0.1, -0.05) is 37.5 Å². The molecule has 0 spiro atoms. The fourth-order valence-electron chi connectivity index (χ4n) is 2.88. The van der Waals surface area contributed by atoms with Crippen molar-refractivity contribution in [2.45, 2.75) is 44.2 Å². The van der Waals surface area contributed by atoms with Gasteiger partial charge >= 0.3 is 0 Å². The minimum Gasteiger partial charge on any atom is -0.389 e. The van der Waals surface area contributed by atoms with Crippen LogP contribution in [0.4, 0.5) is 0 Å². The van der Waals surface area contributed by atoms with Gasteiger partial charge in [0.05, 0.1) is 17.8 Å². The Kier molecular flexibility index (Phi) is 4.26. The van der Waals surface area contributed by atoms with Crippen LogP contribution >= 0.6 is 0 Å². The predicted octanol–water partition coefficient (Wildman–Crippen LogP) is 1.45. The van der Waals surface area contributed by atoms with E-state index in [4.69, 9.17) is 0 Å². The van der Waals surface area contributed by atoms with Gasteiger partial charge in [-0.15, -0.1) is 5.10 Å². The summed E-state index contributed by atoms with van der Waals surface area (Å²) in [7, 11) is 0. The Bertz CT molecular complexity index is 562. The minimum absolute atomic E-state index is 0.546. The van der Waals surface area contributed by atoms with Gasteiger partial charge in [0, 0.05) is 6.54 Å². The molecular formula is C15H21N5O. The number of nitrogens with one attached hydrogen (secondary N) is 1. The zero-order chi connectivity index (χ0) is 14.5. The van der Waals surface area contributed by atoms with Crippen molar-refractivity contribution in [3.63, 3.8) is 0 Å². The highest BCUT2D eigenvalue weighted by molar-refractivity contribution is 5.30. The standard InChI is InChI=1S/C15H21N5O/c21-15(9-5-2-6-10-15)12-16-11-14-17-18-19-20(14)13-7-3-1-4-8-13/h1,3-4,7-8,16,21H,2,5-6,9-12H2.